The van der Waals surface area contributed by atoms with Crippen LogP contribution in [0.1, 0.15) is 5.56 Å². The van der Waals surface area contributed by atoms with Crippen LogP contribution in [0.4, 0.5) is 0 Å². The zero-order valence-electron chi connectivity index (χ0n) is 8.65. The van der Waals surface area contributed by atoms with Crippen molar-refractivity contribution in [2.75, 3.05) is 6.54 Å². The Balaban J connectivity index is 2.25. The molecule has 0 bridgehead atoms. The number of thiophene rings is 1. The minimum atomic E-state index is 0.689. The Morgan fingerprint density at radius 1 is 1.31 bits per heavy atom. The van der Waals surface area contributed by atoms with Gasteiger partial charge in [-0.3, -0.25) is 0 Å². The van der Waals surface area contributed by atoms with Crippen molar-refractivity contribution in [3.63, 3.8) is 0 Å². The molecule has 1 aromatic carbocycles. The Labute approximate surface area is 112 Å². The normalized spacial score (nSPS) is 10.6. The summed E-state index contributed by atoms with van der Waals surface area (Å²) in [5.74, 6) is 0. The van der Waals surface area contributed by atoms with E-state index in [2.05, 4.69) is 51.6 Å². The van der Waals surface area contributed by atoms with Gasteiger partial charge in [0, 0.05) is 9.37 Å². The van der Waals surface area contributed by atoms with Crippen LogP contribution in [0, 0.1) is 0 Å². The third-order valence-electron chi connectivity index (χ3n) is 2.14. The summed E-state index contributed by atoms with van der Waals surface area (Å²) in [6.07, 6.45) is 0.924. The summed E-state index contributed by atoms with van der Waals surface area (Å²) >= 11 is 7.08. The van der Waals surface area contributed by atoms with Crippen molar-refractivity contribution in [1.82, 2.24) is 0 Å². The van der Waals surface area contributed by atoms with E-state index in [0.29, 0.717) is 6.54 Å². The molecule has 0 atom stereocenters. The molecule has 4 heteroatoms. The molecule has 0 unspecified atom stereocenters. The number of benzene rings is 1. The van der Waals surface area contributed by atoms with Crippen LogP contribution in [0.25, 0.3) is 0 Å². The van der Waals surface area contributed by atoms with E-state index in [4.69, 9.17) is 5.73 Å². The number of hydrogen-bond donors (Lipinski definition) is 1. The van der Waals surface area contributed by atoms with Gasteiger partial charge in [-0.15, -0.1) is 11.3 Å². The first-order valence-corrected chi connectivity index (χ1v) is 7.48. The molecule has 0 aliphatic carbocycles. The molecule has 0 aliphatic rings. The average Bonchev–Trinajstić information content (AvgIpc) is 2.75. The average molecular weight is 314 g/mol. The number of hydrogen-bond acceptors (Lipinski definition) is 3. The lowest BCUT2D eigenvalue weighted by atomic mass is 10.1. The van der Waals surface area contributed by atoms with Gasteiger partial charge in [-0.05, 0) is 48.2 Å². The van der Waals surface area contributed by atoms with Crippen LogP contribution in [0.15, 0.2) is 49.3 Å². The molecule has 0 fully saturated rings. The lowest BCUT2D eigenvalue weighted by Gasteiger charge is -2.07. The second kappa shape index (κ2) is 5.87. The van der Waals surface area contributed by atoms with Gasteiger partial charge in [-0.1, -0.05) is 33.8 Å². The molecule has 84 valence electrons. The van der Waals surface area contributed by atoms with Crippen LogP contribution >= 0.6 is 39.0 Å². The lowest BCUT2D eigenvalue weighted by molar-refractivity contribution is 0.943. The van der Waals surface area contributed by atoms with Crippen molar-refractivity contribution < 1.29 is 0 Å². The number of halogens is 1. The Kier molecular flexibility index (Phi) is 4.46. The summed E-state index contributed by atoms with van der Waals surface area (Å²) in [4.78, 5) is 1.30. The summed E-state index contributed by atoms with van der Waals surface area (Å²) in [5, 5.41) is 2.10. The molecule has 1 aromatic heterocycles. The molecule has 2 rings (SSSR count). The maximum Gasteiger partial charge on any atom is 0.0646 e. The van der Waals surface area contributed by atoms with Gasteiger partial charge in [0.15, 0.2) is 0 Å². The monoisotopic (exact) mass is 313 g/mol. The third kappa shape index (κ3) is 3.10. The fourth-order valence-corrected chi connectivity index (χ4v) is 3.71. The van der Waals surface area contributed by atoms with E-state index in [1.807, 2.05) is 11.8 Å². The van der Waals surface area contributed by atoms with E-state index in [1.165, 1.54) is 14.7 Å². The Bertz CT molecular complexity index is 454. The van der Waals surface area contributed by atoms with Crippen LogP contribution in [0.3, 0.4) is 0 Å². The Morgan fingerprint density at radius 3 is 2.88 bits per heavy atom. The van der Waals surface area contributed by atoms with Gasteiger partial charge in [0.25, 0.3) is 0 Å². The fourth-order valence-electron chi connectivity index (χ4n) is 1.43. The highest BCUT2D eigenvalue weighted by molar-refractivity contribution is 9.10. The Morgan fingerprint density at radius 2 is 2.19 bits per heavy atom. The second-order valence-corrected chi connectivity index (χ2v) is 6.53. The van der Waals surface area contributed by atoms with Gasteiger partial charge < -0.3 is 5.73 Å². The molecule has 1 heterocycles. The topological polar surface area (TPSA) is 26.0 Å². The molecule has 0 aliphatic heterocycles. The van der Waals surface area contributed by atoms with Crippen molar-refractivity contribution in [2.45, 2.75) is 15.5 Å². The van der Waals surface area contributed by atoms with Crippen molar-refractivity contribution in [3.05, 3.63) is 45.7 Å². The van der Waals surface area contributed by atoms with Gasteiger partial charge in [-0.2, -0.15) is 0 Å². The standard InChI is InChI=1S/C12H12BrNS2/c13-10-3-4-11(9(8-10)5-6-14)16-12-2-1-7-15-12/h1-4,7-8H,5-6,14H2. The largest absolute Gasteiger partial charge is 0.330 e. The first-order chi connectivity index (χ1) is 7.79. The molecule has 0 saturated carbocycles. The summed E-state index contributed by atoms with van der Waals surface area (Å²) in [6.45, 7) is 0.689. The van der Waals surface area contributed by atoms with Crippen LogP contribution in [0.5, 0.6) is 0 Å². The number of nitrogens with two attached hydrogens (primary N) is 1. The summed E-state index contributed by atoms with van der Waals surface area (Å²) < 4.78 is 2.44. The SMILES string of the molecule is NCCc1cc(Br)ccc1Sc1cccs1. The number of rotatable bonds is 4. The smallest absolute Gasteiger partial charge is 0.0646 e. The third-order valence-corrected chi connectivity index (χ3v) is 4.79. The molecule has 1 nitrogen and oxygen atoms in total. The van der Waals surface area contributed by atoms with E-state index in [9.17, 15) is 0 Å². The molecule has 0 radical (unpaired) electrons. The molecular formula is C12H12BrNS2. The zero-order chi connectivity index (χ0) is 11.4. The van der Waals surface area contributed by atoms with E-state index in [0.717, 1.165) is 10.9 Å². The highest BCUT2D eigenvalue weighted by Gasteiger charge is 2.05. The fraction of sp³-hybridized carbons (Fsp3) is 0.167. The molecule has 2 aromatic rings. The van der Waals surface area contributed by atoms with E-state index >= 15 is 0 Å². The minimum Gasteiger partial charge on any atom is -0.330 e. The Hall–Kier alpha value is -0.290. The quantitative estimate of drug-likeness (QED) is 0.917. The molecule has 2 N–H and O–H groups in total. The highest BCUT2D eigenvalue weighted by Crippen LogP contribution is 2.34. The first kappa shape index (κ1) is 12.2. The van der Waals surface area contributed by atoms with Gasteiger partial charge >= 0.3 is 0 Å². The van der Waals surface area contributed by atoms with Crippen LogP contribution < -0.4 is 5.73 Å². The maximum absolute atomic E-state index is 5.63. The molecule has 0 spiro atoms. The van der Waals surface area contributed by atoms with Gasteiger partial charge in [0.05, 0.1) is 4.21 Å². The van der Waals surface area contributed by atoms with Crippen molar-refractivity contribution in [2.24, 2.45) is 5.73 Å². The van der Waals surface area contributed by atoms with Gasteiger partial charge in [-0.25, -0.2) is 0 Å². The van der Waals surface area contributed by atoms with E-state index < -0.39 is 0 Å². The van der Waals surface area contributed by atoms with Crippen molar-refractivity contribution in [3.8, 4) is 0 Å². The van der Waals surface area contributed by atoms with Gasteiger partial charge in [0.1, 0.15) is 0 Å². The van der Waals surface area contributed by atoms with Crippen molar-refractivity contribution in [1.29, 1.82) is 0 Å². The van der Waals surface area contributed by atoms with E-state index in [1.54, 1.807) is 11.3 Å². The van der Waals surface area contributed by atoms with Gasteiger partial charge in [0.2, 0.25) is 0 Å². The molecule has 0 amide bonds. The van der Waals surface area contributed by atoms with Crippen LogP contribution in [-0.2, 0) is 6.42 Å². The predicted octanol–water partition coefficient (Wildman–Crippen LogP) is 4.16. The summed E-state index contributed by atoms with van der Waals surface area (Å²) in [6, 6.07) is 10.6. The van der Waals surface area contributed by atoms with Crippen LogP contribution in [0.2, 0.25) is 0 Å². The second-order valence-electron chi connectivity index (χ2n) is 3.32. The highest BCUT2D eigenvalue weighted by atomic mass is 79.9. The first-order valence-electron chi connectivity index (χ1n) is 4.99. The summed E-state index contributed by atoms with van der Waals surface area (Å²) in [5.41, 5.74) is 6.95. The predicted molar refractivity (Wildman–Crippen MR) is 75.3 cm³/mol. The maximum atomic E-state index is 5.63. The summed E-state index contributed by atoms with van der Waals surface area (Å²) in [7, 11) is 0. The zero-order valence-corrected chi connectivity index (χ0v) is 11.9. The lowest BCUT2D eigenvalue weighted by Crippen LogP contribution is -2.03. The minimum absolute atomic E-state index is 0.689. The molecular weight excluding hydrogens is 302 g/mol. The van der Waals surface area contributed by atoms with E-state index in [-0.39, 0.29) is 0 Å². The van der Waals surface area contributed by atoms with Crippen LogP contribution in [-0.4, -0.2) is 6.54 Å². The molecule has 0 saturated heterocycles. The molecule has 16 heavy (non-hydrogen) atoms. The van der Waals surface area contributed by atoms with Crippen molar-refractivity contribution >= 4 is 39.0 Å².